The zero-order valence-electron chi connectivity index (χ0n) is 10.3. The highest BCUT2D eigenvalue weighted by molar-refractivity contribution is 5.98. The van der Waals surface area contributed by atoms with E-state index in [1.54, 1.807) is 14.2 Å². The fourth-order valence-corrected chi connectivity index (χ4v) is 2.14. The maximum absolute atomic E-state index is 9.41. The molecule has 0 bridgehead atoms. The second-order valence-corrected chi connectivity index (χ2v) is 3.92. The molecule has 0 radical (unpaired) electrons. The molecule has 0 atom stereocenters. The number of ether oxygens (including phenoxy) is 2. The van der Waals surface area contributed by atoms with Gasteiger partial charge in [0, 0.05) is 10.8 Å². The molecule has 0 amide bonds. The molecule has 2 rings (SSSR count). The van der Waals surface area contributed by atoms with Crippen molar-refractivity contribution in [1.29, 1.82) is 0 Å². The molecule has 0 fully saturated rings. The fourth-order valence-electron chi connectivity index (χ4n) is 2.14. The van der Waals surface area contributed by atoms with E-state index in [1.807, 2.05) is 31.2 Å². The maximum atomic E-state index is 9.41. The van der Waals surface area contributed by atoms with Crippen LogP contribution < -0.4 is 9.47 Å². The van der Waals surface area contributed by atoms with Crippen LogP contribution in [0.15, 0.2) is 24.3 Å². The lowest BCUT2D eigenvalue weighted by atomic mass is 9.99. The lowest BCUT2D eigenvalue weighted by molar-refractivity contribution is 0.283. The van der Waals surface area contributed by atoms with Gasteiger partial charge in [-0.3, -0.25) is 0 Å². The number of hydrogen-bond donors (Lipinski definition) is 1. The summed E-state index contributed by atoms with van der Waals surface area (Å²) in [4.78, 5) is 0. The van der Waals surface area contributed by atoms with Crippen molar-refractivity contribution in [2.24, 2.45) is 0 Å². The van der Waals surface area contributed by atoms with E-state index in [0.29, 0.717) is 0 Å². The van der Waals surface area contributed by atoms with Gasteiger partial charge in [0.05, 0.1) is 20.8 Å². The molecule has 17 heavy (non-hydrogen) atoms. The average Bonchev–Trinajstić information content (AvgIpc) is 2.38. The van der Waals surface area contributed by atoms with Crippen LogP contribution >= 0.6 is 0 Å². The first kappa shape index (κ1) is 11.7. The largest absolute Gasteiger partial charge is 0.496 e. The number of hydrogen-bond acceptors (Lipinski definition) is 3. The number of methoxy groups -OCH3 is 2. The van der Waals surface area contributed by atoms with E-state index in [1.165, 1.54) is 0 Å². The molecule has 0 aliphatic heterocycles. The van der Waals surface area contributed by atoms with Crippen LogP contribution in [-0.2, 0) is 6.61 Å². The van der Waals surface area contributed by atoms with Crippen LogP contribution in [0.1, 0.15) is 11.1 Å². The maximum Gasteiger partial charge on any atom is 0.127 e. The van der Waals surface area contributed by atoms with Gasteiger partial charge >= 0.3 is 0 Å². The van der Waals surface area contributed by atoms with Crippen LogP contribution in [0.5, 0.6) is 11.5 Å². The summed E-state index contributed by atoms with van der Waals surface area (Å²) in [6.45, 7) is 2.01. The third-order valence-electron chi connectivity index (χ3n) is 2.99. The molecule has 0 aromatic heterocycles. The summed E-state index contributed by atoms with van der Waals surface area (Å²) in [6.07, 6.45) is 0. The Labute approximate surface area is 101 Å². The van der Waals surface area contributed by atoms with Crippen LogP contribution in [0.4, 0.5) is 0 Å². The predicted molar refractivity (Wildman–Crippen MR) is 67.7 cm³/mol. The minimum Gasteiger partial charge on any atom is -0.496 e. The molecule has 2 aromatic carbocycles. The normalized spacial score (nSPS) is 10.6. The van der Waals surface area contributed by atoms with E-state index in [2.05, 4.69) is 0 Å². The highest BCUT2D eigenvalue weighted by atomic mass is 16.5. The van der Waals surface area contributed by atoms with Gasteiger partial charge in [-0.1, -0.05) is 12.1 Å². The second-order valence-electron chi connectivity index (χ2n) is 3.92. The van der Waals surface area contributed by atoms with Crippen molar-refractivity contribution in [3.05, 3.63) is 35.4 Å². The Kier molecular flexibility index (Phi) is 3.20. The van der Waals surface area contributed by atoms with Crippen LogP contribution in [0.2, 0.25) is 0 Å². The number of rotatable bonds is 3. The summed E-state index contributed by atoms with van der Waals surface area (Å²) in [6, 6.07) is 7.64. The monoisotopic (exact) mass is 232 g/mol. The first-order valence-corrected chi connectivity index (χ1v) is 5.47. The zero-order valence-corrected chi connectivity index (χ0v) is 10.3. The Morgan fingerprint density at radius 2 is 1.53 bits per heavy atom. The van der Waals surface area contributed by atoms with Crippen molar-refractivity contribution in [3.8, 4) is 11.5 Å². The first-order valence-electron chi connectivity index (χ1n) is 5.47. The van der Waals surface area contributed by atoms with E-state index in [4.69, 9.17) is 9.47 Å². The van der Waals surface area contributed by atoms with Gasteiger partial charge in [0.2, 0.25) is 0 Å². The van der Waals surface area contributed by atoms with Gasteiger partial charge in [-0.25, -0.2) is 0 Å². The number of aliphatic hydroxyl groups is 1. The standard InChI is InChI=1S/C14H16O3/c1-9-4-5-10(8-15)14-12(17-3)7-6-11(16-2)13(9)14/h4-7,15H,8H2,1-3H3. The van der Waals surface area contributed by atoms with Gasteiger partial charge in [0.25, 0.3) is 0 Å². The van der Waals surface area contributed by atoms with Crippen LogP contribution in [0, 0.1) is 6.92 Å². The Morgan fingerprint density at radius 1 is 0.941 bits per heavy atom. The zero-order chi connectivity index (χ0) is 12.4. The summed E-state index contributed by atoms with van der Waals surface area (Å²) in [5.74, 6) is 1.56. The van der Waals surface area contributed by atoms with Crippen LogP contribution in [-0.4, -0.2) is 19.3 Å². The third kappa shape index (κ3) is 1.83. The van der Waals surface area contributed by atoms with Gasteiger partial charge in [-0.15, -0.1) is 0 Å². The minimum atomic E-state index is -0.0136. The van der Waals surface area contributed by atoms with Crippen LogP contribution in [0.3, 0.4) is 0 Å². The van der Waals surface area contributed by atoms with Crippen molar-refractivity contribution in [2.75, 3.05) is 14.2 Å². The van der Waals surface area contributed by atoms with Crippen molar-refractivity contribution in [1.82, 2.24) is 0 Å². The number of aryl methyl sites for hydroxylation is 1. The summed E-state index contributed by atoms with van der Waals surface area (Å²) in [7, 11) is 3.27. The molecule has 0 spiro atoms. The second kappa shape index (κ2) is 4.63. The molecular formula is C14H16O3. The molecule has 0 aliphatic carbocycles. The van der Waals surface area contributed by atoms with Gasteiger partial charge in [-0.2, -0.15) is 0 Å². The Hall–Kier alpha value is -1.74. The SMILES string of the molecule is COc1ccc(OC)c2c(CO)ccc(C)c12. The van der Waals surface area contributed by atoms with Gasteiger partial charge in [0.15, 0.2) is 0 Å². The molecule has 0 saturated carbocycles. The van der Waals surface area contributed by atoms with Gasteiger partial charge in [-0.05, 0) is 30.2 Å². The minimum absolute atomic E-state index is 0.0136. The number of aliphatic hydroxyl groups excluding tert-OH is 1. The van der Waals surface area contributed by atoms with Crippen molar-refractivity contribution < 1.29 is 14.6 Å². The van der Waals surface area contributed by atoms with E-state index in [9.17, 15) is 5.11 Å². The van der Waals surface area contributed by atoms with Crippen molar-refractivity contribution >= 4 is 10.8 Å². The lowest BCUT2D eigenvalue weighted by Crippen LogP contribution is -1.95. The van der Waals surface area contributed by atoms with Gasteiger partial charge < -0.3 is 14.6 Å². The molecule has 90 valence electrons. The molecule has 0 unspecified atom stereocenters. The molecule has 3 nitrogen and oxygen atoms in total. The molecule has 0 heterocycles. The average molecular weight is 232 g/mol. The summed E-state index contributed by atoms with van der Waals surface area (Å²) < 4.78 is 10.7. The van der Waals surface area contributed by atoms with Gasteiger partial charge in [0.1, 0.15) is 11.5 Å². The lowest BCUT2D eigenvalue weighted by Gasteiger charge is -2.14. The number of fused-ring (bicyclic) bond motifs is 1. The smallest absolute Gasteiger partial charge is 0.127 e. The number of benzene rings is 2. The quantitative estimate of drug-likeness (QED) is 0.884. The summed E-state index contributed by atoms with van der Waals surface area (Å²) in [5, 5.41) is 11.3. The van der Waals surface area contributed by atoms with E-state index in [-0.39, 0.29) is 6.61 Å². The van der Waals surface area contributed by atoms with Crippen molar-refractivity contribution in [2.45, 2.75) is 13.5 Å². The fraction of sp³-hybridized carbons (Fsp3) is 0.286. The Morgan fingerprint density at radius 3 is 2.06 bits per heavy atom. The molecule has 0 aliphatic rings. The van der Waals surface area contributed by atoms with Crippen LogP contribution in [0.25, 0.3) is 10.8 Å². The molecule has 1 N–H and O–H groups in total. The summed E-state index contributed by atoms with van der Waals surface area (Å²) in [5.41, 5.74) is 1.95. The van der Waals surface area contributed by atoms with E-state index in [0.717, 1.165) is 33.4 Å². The highest BCUT2D eigenvalue weighted by Crippen LogP contribution is 2.37. The molecule has 2 aromatic rings. The summed E-state index contributed by atoms with van der Waals surface area (Å²) >= 11 is 0. The topological polar surface area (TPSA) is 38.7 Å². The highest BCUT2D eigenvalue weighted by Gasteiger charge is 2.12. The molecule has 0 saturated heterocycles. The van der Waals surface area contributed by atoms with E-state index >= 15 is 0 Å². The third-order valence-corrected chi connectivity index (χ3v) is 2.99. The first-order chi connectivity index (χ1) is 8.22. The Balaban J connectivity index is 2.93. The van der Waals surface area contributed by atoms with Crippen molar-refractivity contribution in [3.63, 3.8) is 0 Å². The predicted octanol–water partition coefficient (Wildman–Crippen LogP) is 2.66. The Bertz CT molecular complexity index is 536. The molecule has 3 heteroatoms. The molecular weight excluding hydrogens is 216 g/mol. The van der Waals surface area contributed by atoms with E-state index < -0.39 is 0 Å².